The zero-order valence-electron chi connectivity index (χ0n) is 12.5. The van der Waals surface area contributed by atoms with E-state index in [2.05, 4.69) is 22.4 Å². The zero-order chi connectivity index (χ0) is 15.1. The Morgan fingerprint density at radius 1 is 1.43 bits per heavy atom. The van der Waals surface area contributed by atoms with Gasteiger partial charge in [0.1, 0.15) is 6.07 Å². The molecule has 0 aliphatic carbocycles. The van der Waals surface area contributed by atoms with Crippen molar-refractivity contribution in [3.05, 3.63) is 29.3 Å². The zero-order valence-corrected chi connectivity index (χ0v) is 12.5. The maximum Gasteiger partial charge on any atom is 0.101 e. The average Bonchev–Trinajstić information content (AvgIpc) is 2.52. The minimum Gasteiger partial charge on any atom is -0.393 e. The third-order valence-electron chi connectivity index (χ3n) is 3.80. The highest BCUT2D eigenvalue weighted by Gasteiger charge is 2.19. The van der Waals surface area contributed by atoms with E-state index in [9.17, 15) is 10.4 Å². The fourth-order valence-electron chi connectivity index (χ4n) is 2.57. The van der Waals surface area contributed by atoms with Crippen molar-refractivity contribution >= 4 is 5.69 Å². The summed E-state index contributed by atoms with van der Waals surface area (Å²) in [7, 11) is 1.68. The lowest BCUT2D eigenvalue weighted by Gasteiger charge is -2.32. The molecule has 0 aromatic heterocycles. The molecule has 2 N–H and O–H groups in total. The Morgan fingerprint density at radius 2 is 2.19 bits per heavy atom. The highest BCUT2D eigenvalue weighted by Crippen LogP contribution is 2.25. The number of nitrogens with zero attached hydrogens (tertiary/aromatic N) is 2. The summed E-state index contributed by atoms with van der Waals surface area (Å²) >= 11 is 0. The predicted molar refractivity (Wildman–Crippen MR) is 82.2 cm³/mol. The molecular weight excluding hydrogens is 266 g/mol. The molecule has 1 saturated heterocycles. The fraction of sp³-hybridized carbons (Fsp3) is 0.562. The van der Waals surface area contributed by atoms with E-state index in [1.165, 1.54) is 0 Å². The molecule has 0 bridgehead atoms. The van der Waals surface area contributed by atoms with Gasteiger partial charge in [0.15, 0.2) is 0 Å². The van der Waals surface area contributed by atoms with Gasteiger partial charge in [0.05, 0.1) is 24.0 Å². The van der Waals surface area contributed by atoms with Gasteiger partial charge in [0.25, 0.3) is 0 Å². The summed E-state index contributed by atoms with van der Waals surface area (Å²) in [5.41, 5.74) is 2.78. The average molecular weight is 289 g/mol. The predicted octanol–water partition coefficient (Wildman–Crippen LogP) is 1.26. The monoisotopic (exact) mass is 289 g/mol. The van der Waals surface area contributed by atoms with Crippen LogP contribution in [-0.2, 0) is 11.3 Å². The quantitative estimate of drug-likeness (QED) is 0.772. The Kier molecular flexibility index (Phi) is 6.00. The first-order valence-electron chi connectivity index (χ1n) is 7.40. The van der Waals surface area contributed by atoms with E-state index in [0.717, 1.165) is 50.3 Å². The Hall–Kier alpha value is -1.61. The van der Waals surface area contributed by atoms with Gasteiger partial charge in [-0.3, -0.25) is 0 Å². The summed E-state index contributed by atoms with van der Waals surface area (Å²) in [6.07, 6.45) is 1.34. The second-order valence-electron chi connectivity index (χ2n) is 5.35. The van der Waals surface area contributed by atoms with Crippen molar-refractivity contribution in [2.75, 3.05) is 38.3 Å². The van der Waals surface area contributed by atoms with Gasteiger partial charge in [-0.05, 0) is 30.5 Å². The number of hydrogen-bond acceptors (Lipinski definition) is 5. The van der Waals surface area contributed by atoms with Gasteiger partial charge in [-0.15, -0.1) is 0 Å². The number of rotatable bonds is 6. The van der Waals surface area contributed by atoms with Gasteiger partial charge in [-0.25, -0.2) is 0 Å². The van der Waals surface area contributed by atoms with Crippen LogP contribution in [0.1, 0.15) is 24.0 Å². The van der Waals surface area contributed by atoms with Gasteiger partial charge in [-0.1, -0.05) is 6.07 Å². The number of nitriles is 1. The summed E-state index contributed by atoms with van der Waals surface area (Å²) in [5, 5.41) is 22.2. The maximum absolute atomic E-state index is 9.58. The third kappa shape index (κ3) is 4.43. The number of nitrogens with one attached hydrogen (secondary N) is 1. The molecular formula is C16H23N3O2. The van der Waals surface area contributed by atoms with E-state index >= 15 is 0 Å². The van der Waals surface area contributed by atoms with Crippen LogP contribution in [0, 0.1) is 11.3 Å². The van der Waals surface area contributed by atoms with Gasteiger partial charge in [0, 0.05) is 33.3 Å². The van der Waals surface area contributed by atoms with Crippen molar-refractivity contribution in [3.8, 4) is 6.07 Å². The molecule has 21 heavy (non-hydrogen) atoms. The van der Waals surface area contributed by atoms with Crippen LogP contribution < -0.4 is 10.2 Å². The van der Waals surface area contributed by atoms with Gasteiger partial charge < -0.3 is 20.1 Å². The number of anilines is 1. The number of ether oxygens (including phenoxy) is 1. The number of aliphatic hydroxyl groups excluding tert-OH is 1. The number of hydrogen-bond donors (Lipinski definition) is 2. The van der Waals surface area contributed by atoms with E-state index in [1.54, 1.807) is 7.11 Å². The Balaban J connectivity index is 2.01. The molecule has 0 saturated carbocycles. The number of benzene rings is 1. The van der Waals surface area contributed by atoms with E-state index < -0.39 is 0 Å². The first-order chi connectivity index (χ1) is 10.2. The molecule has 5 heteroatoms. The molecule has 0 unspecified atom stereocenters. The lowest BCUT2D eigenvalue weighted by molar-refractivity contribution is 0.145. The molecule has 0 spiro atoms. The maximum atomic E-state index is 9.58. The minimum absolute atomic E-state index is 0.198. The second kappa shape index (κ2) is 7.99. The standard InChI is InChI=1S/C16H23N3O2/c1-21-9-6-18-12-13-2-3-16(14(10-13)11-17)19-7-4-15(20)5-8-19/h2-3,10,15,18,20H,4-9,12H2,1H3. The van der Waals surface area contributed by atoms with E-state index in [0.29, 0.717) is 12.2 Å². The normalized spacial score (nSPS) is 16.0. The first kappa shape index (κ1) is 15.8. The molecule has 2 rings (SSSR count). The highest BCUT2D eigenvalue weighted by molar-refractivity contribution is 5.60. The SMILES string of the molecule is COCCNCc1ccc(N2CCC(O)CC2)c(C#N)c1. The second-order valence-corrected chi connectivity index (χ2v) is 5.35. The molecule has 5 nitrogen and oxygen atoms in total. The highest BCUT2D eigenvalue weighted by atomic mass is 16.5. The van der Waals surface area contributed by atoms with Crippen molar-refractivity contribution < 1.29 is 9.84 Å². The molecule has 1 aliphatic rings. The first-order valence-corrected chi connectivity index (χ1v) is 7.40. The van der Waals surface area contributed by atoms with Crippen LogP contribution in [0.25, 0.3) is 0 Å². The summed E-state index contributed by atoms with van der Waals surface area (Å²) in [6.45, 7) is 3.82. The van der Waals surface area contributed by atoms with Crippen molar-refractivity contribution in [2.24, 2.45) is 0 Å². The van der Waals surface area contributed by atoms with Gasteiger partial charge >= 0.3 is 0 Å². The molecule has 0 radical (unpaired) electrons. The largest absolute Gasteiger partial charge is 0.393 e. The van der Waals surface area contributed by atoms with Crippen LogP contribution in [0.3, 0.4) is 0 Å². The van der Waals surface area contributed by atoms with Crippen LogP contribution in [0.5, 0.6) is 0 Å². The van der Waals surface area contributed by atoms with Crippen LogP contribution in [-0.4, -0.2) is 44.6 Å². The Morgan fingerprint density at radius 3 is 2.86 bits per heavy atom. The molecule has 0 atom stereocenters. The smallest absolute Gasteiger partial charge is 0.101 e. The van der Waals surface area contributed by atoms with Crippen LogP contribution in [0.15, 0.2) is 18.2 Å². The van der Waals surface area contributed by atoms with E-state index in [-0.39, 0.29) is 6.10 Å². The summed E-state index contributed by atoms with van der Waals surface area (Å²) in [4.78, 5) is 2.19. The lowest BCUT2D eigenvalue weighted by Crippen LogP contribution is -2.36. The van der Waals surface area contributed by atoms with Gasteiger partial charge in [0.2, 0.25) is 0 Å². The minimum atomic E-state index is -0.198. The van der Waals surface area contributed by atoms with Crippen molar-refractivity contribution in [2.45, 2.75) is 25.5 Å². The Labute approximate surface area is 126 Å². The van der Waals surface area contributed by atoms with Gasteiger partial charge in [-0.2, -0.15) is 5.26 Å². The number of aliphatic hydroxyl groups is 1. The topological polar surface area (TPSA) is 68.5 Å². The molecule has 1 aromatic carbocycles. The van der Waals surface area contributed by atoms with E-state index in [4.69, 9.17) is 4.74 Å². The van der Waals surface area contributed by atoms with Crippen LogP contribution >= 0.6 is 0 Å². The van der Waals surface area contributed by atoms with Crippen LogP contribution in [0.4, 0.5) is 5.69 Å². The van der Waals surface area contributed by atoms with Crippen molar-refractivity contribution in [1.29, 1.82) is 5.26 Å². The fourth-order valence-corrected chi connectivity index (χ4v) is 2.57. The Bertz CT molecular complexity index is 491. The molecule has 114 valence electrons. The lowest BCUT2D eigenvalue weighted by atomic mass is 10.0. The summed E-state index contributed by atoms with van der Waals surface area (Å²) in [5.74, 6) is 0. The van der Waals surface area contributed by atoms with Crippen molar-refractivity contribution in [3.63, 3.8) is 0 Å². The van der Waals surface area contributed by atoms with Crippen LogP contribution in [0.2, 0.25) is 0 Å². The summed E-state index contributed by atoms with van der Waals surface area (Å²) < 4.78 is 4.99. The van der Waals surface area contributed by atoms with Crippen molar-refractivity contribution in [1.82, 2.24) is 5.32 Å². The molecule has 1 heterocycles. The summed E-state index contributed by atoms with van der Waals surface area (Å²) in [6, 6.07) is 8.31. The number of piperidine rings is 1. The third-order valence-corrected chi connectivity index (χ3v) is 3.80. The molecule has 1 aromatic rings. The molecule has 0 amide bonds. The van der Waals surface area contributed by atoms with E-state index in [1.807, 2.05) is 12.1 Å². The number of methoxy groups -OCH3 is 1. The molecule has 1 aliphatic heterocycles. The molecule has 1 fully saturated rings.